The normalized spacial score (nSPS) is 17.5. The van der Waals surface area contributed by atoms with Gasteiger partial charge in [-0.3, -0.25) is 4.79 Å². The van der Waals surface area contributed by atoms with Crippen LogP contribution in [0.4, 0.5) is 5.95 Å². The van der Waals surface area contributed by atoms with Gasteiger partial charge >= 0.3 is 0 Å². The Labute approximate surface area is 143 Å². The summed E-state index contributed by atoms with van der Waals surface area (Å²) in [5.74, 6) is 1.09. The van der Waals surface area contributed by atoms with E-state index in [0.717, 1.165) is 32.5 Å². The fraction of sp³-hybridized carbons (Fsp3) is 0.421. The summed E-state index contributed by atoms with van der Waals surface area (Å²) < 4.78 is 0. The van der Waals surface area contributed by atoms with Crippen LogP contribution in [0.25, 0.3) is 0 Å². The molecule has 1 amide bonds. The summed E-state index contributed by atoms with van der Waals surface area (Å²) in [6.07, 6.45) is 4.81. The molecule has 0 saturated carbocycles. The zero-order valence-corrected chi connectivity index (χ0v) is 14.1. The minimum atomic E-state index is 0.00931. The van der Waals surface area contributed by atoms with Crippen LogP contribution < -0.4 is 5.32 Å². The maximum absolute atomic E-state index is 12.6. The largest absolute Gasteiger partial charge is 0.354 e. The van der Waals surface area contributed by atoms with Crippen molar-refractivity contribution in [2.24, 2.45) is 5.92 Å². The number of carbonyl (C=O) groups excluding carboxylic acids is 1. The SMILES string of the molecule is CC1CCCN(C(=O)c2ccnc(NCCc3ccccc3)n2)C1. The summed E-state index contributed by atoms with van der Waals surface area (Å²) in [5.41, 5.74) is 1.74. The average Bonchev–Trinajstić information content (AvgIpc) is 2.62. The molecule has 1 N–H and O–H groups in total. The molecule has 24 heavy (non-hydrogen) atoms. The van der Waals surface area contributed by atoms with E-state index in [0.29, 0.717) is 17.6 Å². The molecule has 5 nitrogen and oxygen atoms in total. The van der Waals surface area contributed by atoms with Gasteiger partial charge in [0.05, 0.1) is 0 Å². The number of nitrogens with zero attached hydrogens (tertiary/aromatic N) is 3. The highest BCUT2D eigenvalue weighted by Crippen LogP contribution is 2.17. The van der Waals surface area contributed by atoms with E-state index >= 15 is 0 Å². The van der Waals surface area contributed by atoms with Crippen LogP contribution in [0.5, 0.6) is 0 Å². The lowest BCUT2D eigenvalue weighted by Gasteiger charge is -2.30. The monoisotopic (exact) mass is 324 g/mol. The molecule has 1 aromatic heterocycles. The Morgan fingerprint density at radius 3 is 2.92 bits per heavy atom. The molecule has 1 fully saturated rings. The molecule has 0 aliphatic carbocycles. The highest BCUT2D eigenvalue weighted by molar-refractivity contribution is 5.92. The number of likely N-dealkylation sites (tertiary alicyclic amines) is 1. The quantitative estimate of drug-likeness (QED) is 0.918. The lowest BCUT2D eigenvalue weighted by Crippen LogP contribution is -2.39. The third-order valence-corrected chi connectivity index (χ3v) is 4.36. The van der Waals surface area contributed by atoms with E-state index in [1.54, 1.807) is 12.3 Å². The van der Waals surface area contributed by atoms with Gasteiger partial charge in [-0.05, 0) is 36.8 Å². The summed E-state index contributed by atoms with van der Waals surface area (Å²) in [6, 6.07) is 12.0. The van der Waals surface area contributed by atoms with Crippen molar-refractivity contribution < 1.29 is 4.79 Å². The second-order valence-electron chi connectivity index (χ2n) is 6.43. The predicted octanol–water partition coefficient (Wildman–Crippen LogP) is 3.00. The Balaban J connectivity index is 1.58. The number of nitrogens with one attached hydrogen (secondary N) is 1. The first kappa shape index (κ1) is 16.4. The molecular formula is C19H24N4O. The van der Waals surface area contributed by atoms with Crippen LogP contribution in [0.2, 0.25) is 0 Å². The van der Waals surface area contributed by atoms with E-state index in [4.69, 9.17) is 0 Å². The van der Waals surface area contributed by atoms with E-state index in [-0.39, 0.29) is 5.91 Å². The molecule has 2 heterocycles. The number of hydrogen-bond donors (Lipinski definition) is 1. The summed E-state index contributed by atoms with van der Waals surface area (Å²) in [6.45, 7) is 4.57. The molecule has 1 atom stereocenters. The molecule has 1 saturated heterocycles. The van der Waals surface area contributed by atoms with Crippen molar-refractivity contribution in [2.45, 2.75) is 26.2 Å². The fourth-order valence-electron chi connectivity index (χ4n) is 3.06. The topological polar surface area (TPSA) is 58.1 Å². The zero-order valence-electron chi connectivity index (χ0n) is 14.1. The molecule has 1 aromatic carbocycles. The van der Waals surface area contributed by atoms with Crippen LogP contribution in [-0.4, -0.2) is 40.4 Å². The average molecular weight is 324 g/mol. The van der Waals surface area contributed by atoms with Gasteiger partial charge in [-0.1, -0.05) is 37.3 Å². The summed E-state index contributed by atoms with van der Waals surface area (Å²) >= 11 is 0. The number of piperidine rings is 1. The maximum Gasteiger partial charge on any atom is 0.272 e. The summed E-state index contributed by atoms with van der Waals surface area (Å²) in [7, 11) is 0. The Kier molecular flexibility index (Phi) is 5.41. The second-order valence-corrected chi connectivity index (χ2v) is 6.43. The highest BCUT2D eigenvalue weighted by Gasteiger charge is 2.23. The molecule has 1 unspecified atom stereocenters. The Morgan fingerprint density at radius 1 is 1.29 bits per heavy atom. The van der Waals surface area contributed by atoms with Crippen molar-refractivity contribution in [1.29, 1.82) is 0 Å². The number of amides is 1. The van der Waals surface area contributed by atoms with Gasteiger partial charge in [0.15, 0.2) is 0 Å². The Hall–Kier alpha value is -2.43. The van der Waals surface area contributed by atoms with Gasteiger partial charge in [-0.25, -0.2) is 9.97 Å². The molecular weight excluding hydrogens is 300 g/mol. The van der Waals surface area contributed by atoms with Crippen LogP contribution >= 0.6 is 0 Å². The van der Waals surface area contributed by atoms with Gasteiger partial charge < -0.3 is 10.2 Å². The number of hydrogen-bond acceptors (Lipinski definition) is 4. The van der Waals surface area contributed by atoms with E-state index in [2.05, 4.69) is 34.3 Å². The van der Waals surface area contributed by atoms with Crippen molar-refractivity contribution in [3.8, 4) is 0 Å². The first-order chi connectivity index (χ1) is 11.7. The van der Waals surface area contributed by atoms with Gasteiger partial charge in [0.2, 0.25) is 5.95 Å². The molecule has 1 aliphatic rings. The standard InChI is InChI=1S/C19H24N4O/c1-15-6-5-13-23(14-15)18(24)17-10-12-21-19(22-17)20-11-9-16-7-3-2-4-8-16/h2-4,7-8,10,12,15H,5-6,9,11,13-14H2,1H3,(H,20,21,22). The highest BCUT2D eigenvalue weighted by atomic mass is 16.2. The van der Waals surface area contributed by atoms with Gasteiger partial charge in [-0.2, -0.15) is 0 Å². The van der Waals surface area contributed by atoms with Crippen molar-refractivity contribution in [3.63, 3.8) is 0 Å². The molecule has 0 bridgehead atoms. The number of aromatic nitrogens is 2. The third-order valence-electron chi connectivity index (χ3n) is 4.36. The van der Waals surface area contributed by atoms with Crippen LogP contribution in [0.1, 0.15) is 35.8 Å². The molecule has 1 aliphatic heterocycles. The lowest BCUT2D eigenvalue weighted by molar-refractivity contribution is 0.0677. The van der Waals surface area contributed by atoms with Gasteiger partial charge in [-0.15, -0.1) is 0 Å². The molecule has 126 valence electrons. The van der Waals surface area contributed by atoms with Gasteiger partial charge in [0, 0.05) is 25.8 Å². The first-order valence-electron chi connectivity index (χ1n) is 8.62. The van der Waals surface area contributed by atoms with Crippen LogP contribution in [0.3, 0.4) is 0 Å². The van der Waals surface area contributed by atoms with E-state index in [1.165, 1.54) is 12.0 Å². The van der Waals surface area contributed by atoms with Gasteiger partial charge in [0.25, 0.3) is 5.91 Å². The number of anilines is 1. The minimum absolute atomic E-state index is 0.00931. The third kappa shape index (κ3) is 4.31. The molecule has 2 aromatic rings. The van der Waals surface area contributed by atoms with Crippen LogP contribution in [0.15, 0.2) is 42.6 Å². The summed E-state index contributed by atoms with van der Waals surface area (Å²) in [5, 5.41) is 3.21. The van der Waals surface area contributed by atoms with E-state index in [1.807, 2.05) is 23.1 Å². The molecule has 3 rings (SSSR count). The van der Waals surface area contributed by atoms with Crippen LogP contribution in [0, 0.1) is 5.92 Å². The molecule has 0 radical (unpaired) electrons. The van der Waals surface area contributed by atoms with Crippen molar-refractivity contribution >= 4 is 11.9 Å². The van der Waals surface area contributed by atoms with Crippen molar-refractivity contribution in [3.05, 3.63) is 53.9 Å². The molecule has 5 heteroatoms. The summed E-state index contributed by atoms with van der Waals surface area (Å²) in [4.78, 5) is 23.1. The van der Waals surface area contributed by atoms with Crippen molar-refractivity contribution in [2.75, 3.05) is 25.0 Å². The smallest absolute Gasteiger partial charge is 0.272 e. The zero-order chi connectivity index (χ0) is 16.8. The number of carbonyl (C=O) groups is 1. The lowest BCUT2D eigenvalue weighted by atomic mass is 10.00. The van der Waals surface area contributed by atoms with E-state index in [9.17, 15) is 4.79 Å². The fourth-order valence-corrected chi connectivity index (χ4v) is 3.06. The predicted molar refractivity (Wildman–Crippen MR) is 95.0 cm³/mol. The number of benzene rings is 1. The Bertz CT molecular complexity index is 674. The van der Waals surface area contributed by atoms with Gasteiger partial charge in [0.1, 0.15) is 5.69 Å². The first-order valence-corrected chi connectivity index (χ1v) is 8.62. The second kappa shape index (κ2) is 7.90. The van der Waals surface area contributed by atoms with E-state index < -0.39 is 0 Å². The number of rotatable bonds is 5. The molecule has 0 spiro atoms. The minimum Gasteiger partial charge on any atom is -0.354 e. The van der Waals surface area contributed by atoms with Crippen molar-refractivity contribution in [1.82, 2.24) is 14.9 Å². The maximum atomic E-state index is 12.6. The van der Waals surface area contributed by atoms with Crippen LogP contribution in [-0.2, 0) is 6.42 Å². The Morgan fingerprint density at radius 2 is 2.12 bits per heavy atom.